The summed E-state index contributed by atoms with van der Waals surface area (Å²) in [5, 5.41) is 4.24. The lowest BCUT2D eigenvalue weighted by Gasteiger charge is -2.07. The Morgan fingerprint density at radius 1 is 1.25 bits per heavy atom. The van der Waals surface area contributed by atoms with Gasteiger partial charge in [0.05, 0.1) is 5.69 Å². The van der Waals surface area contributed by atoms with Crippen LogP contribution in [0.15, 0.2) is 34.9 Å². The minimum absolute atomic E-state index is 0.00707. The van der Waals surface area contributed by atoms with Crippen LogP contribution in [-0.4, -0.2) is 40.5 Å². The number of carbonyl (C=O) groups excluding carboxylic acids is 2. The summed E-state index contributed by atoms with van der Waals surface area (Å²) < 4.78 is 2.31. The van der Waals surface area contributed by atoms with Crippen molar-refractivity contribution in [2.75, 3.05) is 14.1 Å². The molecule has 0 fully saturated rings. The first-order chi connectivity index (χ1) is 9.40. The summed E-state index contributed by atoms with van der Waals surface area (Å²) in [6.45, 7) is 1.52. The number of carbonyl (C=O) groups is 2. The molecular formula is C14H14BrN3O2. The molecule has 0 aliphatic heterocycles. The number of benzene rings is 1. The topological polar surface area (TPSA) is 55.2 Å². The first-order valence-corrected chi connectivity index (χ1v) is 6.77. The van der Waals surface area contributed by atoms with E-state index < -0.39 is 0 Å². The van der Waals surface area contributed by atoms with Crippen molar-refractivity contribution in [3.8, 4) is 5.69 Å². The average Bonchev–Trinajstić information content (AvgIpc) is 2.86. The molecule has 5 nitrogen and oxygen atoms in total. The maximum absolute atomic E-state index is 11.8. The SMILES string of the molecule is CC(=O)c1ccc(-n2ccc(C(=O)N(C)C)n2)cc1Br. The van der Waals surface area contributed by atoms with Gasteiger partial charge in [0, 0.05) is 30.3 Å². The van der Waals surface area contributed by atoms with Crippen LogP contribution in [-0.2, 0) is 0 Å². The van der Waals surface area contributed by atoms with Gasteiger partial charge < -0.3 is 4.90 Å². The molecule has 0 bridgehead atoms. The summed E-state index contributed by atoms with van der Waals surface area (Å²) in [5.41, 5.74) is 1.77. The molecule has 0 unspecified atom stereocenters. The molecule has 1 aromatic carbocycles. The number of hydrogen-bond acceptors (Lipinski definition) is 3. The second kappa shape index (κ2) is 5.58. The normalized spacial score (nSPS) is 10.4. The fourth-order valence-electron chi connectivity index (χ4n) is 1.74. The molecule has 0 spiro atoms. The number of rotatable bonds is 3. The van der Waals surface area contributed by atoms with Crippen LogP contribution in [0.2, 0.25) is 0 Å². The minimum atomic E-state index is -0.150. The lowest BCUT2D eigenvalue weighted by atomic mass is 10.1. The van der Waals surface area contributed by atoms with Crippen molar-refractivity contribution >= 4 is 27.6 Å². The van der Waals surface area contributed by atoms with Gasteiger partial charge in [-0.15, -0.1) is 0 Å². The maximum Gasteiger partial charge on any atom is 0.273 e. The molecule has 20 heavy (non-hydrogen) atoms. The number of halogens is 1. The largest absolute Gasteiger partial charge is 0.343 e. The molecule has 104 valence electrons. The first-order valence-electron chi connectivity index (χ1n) is 5.98. The Bertz CT molecular complexity index is 677. The van der Waals surface area contributed by atoms with Gasteiger partial charge in [-0.05, 0) is 47.1 Å². The van der Waals surface area contributed by atoms with Crippen molar-refractivity contribution in [1.29, 1.82) is 0 Å². The van der Waals surface area contributed by atoms with E-state index in [0.717, 1.165) is 5.69 Å². The van der Waals surface area contributed by atoms with E-state index in [0.29, 0.717) is 15.7 Å². The minimum Gasteiger partial charge on any atom is -0.343 e. The van der Waals surface area contributed by atoms with Gasteiger partial charge in [0.25, 0.3) is 5.91 Å². The molecular weight excluding hydrogens is 322 g/mol. The third-order valence-electron chi connectivity index (χ3n) is 2.81. The van der Waals surface area contributed by atoms with Crippen LogP contribution >= 0.6 is 15.9 Å². The third kappa shape index (κ3) is 2.80. The zero-order valence-electron chi connectivity index (χ0n) is 11.4. The summed E-state index contributed by atoms with van der Waals surface area (Å²) in [4.78, 5) is 24.6. The summed E-state index contributed by atoms with van der Waals surface area (Å²) in [6.07, 6.45) is 1.71. The second-order valence-corrected chi connectivity index (χ2v) is 5.42. The van der Waals surface area contributed by atoms with E-state index in [1.165, 1.54) is 11.8 Å². The van der Waals surface area contributed by atoms with E-state index in [-0.39, 0.29) is 11.7 Å². The molecule has 1 aromatic heterocycles. The fraction of sp³-hybridized carbons (Fsp3) is 0.214. The standard InChI is InChI=1S/C14H14BrN3O2/c1-9(19)11-5-4-10(8-12(11)15)18-7-6-13(16-18)14(20)17(2)3/h4-8H,1-3H3. The Hall–Kier alpha value is -1.95. The second-order valence-electron chi connectivity index (χ2n) is 4.57. The van der Waals surface area contributed by atoms with Gasteiger partial charge in [0.15, 0.2) is 11.5 Å². The molecule has 0 aliphatic rings. The van der Waals surface area contributed by atoms with Crippen LogP contribution in [0.1, 0.15) is 27.8 Å². The van der Waals surface area contributed by atoms with Gasteiger partial charge in [0.2, 0.25) is 0 Å². The summed E-state index contributed by atoms with van der Waals surface area (Å²) in [5.74, 6) is -0.157. The van der Waals surface area contributed by atoms with Crippen LogP contribution < -0.4 is 0 Å². The number of nitrogens with zero attached hydrogens (tertiary/aromatic N) is 3. The van der Waals surface area contributed by atoms with Gasteiger partial charge in [-0.3, -0.25) is 9.59 Å². The number of ketones is 1. The zero-order valence-corrected chi connectivity index (χ0v) is 13.0. The first kappa shape index (κ1) is 14.5. The molecule has 0 saturated carbocycles. The molecule has 0 saturated heterocycles. The smallest absolute Gasteiger partial charge is 0.273 e. The Balaban J connectivity index is 2.36. The number of amides is 1. The zero-order chi connectivity index (χ0) is 14.9. The molecule has 1 amide bonds. The monoisotopic (exact) mass is 335 g/mol. The summed E-state index contributed by atoms with van der Waals surface area (Å²) in [7, 11) is 3.36. The van der Waals surface area contributed by atoms with Crippen LogP contribution in [0.3, 0.4) is 0 Å². The predicted molar refractivity (Wildman–Crippen MR) is 79.3 cm³/mol. The van der Waals surface area contributed by atoms with E-state index in [1.54, 1.807) is 49.2 Å². The lowest BCUT2D eigenvalue weighted by molar-refractivity contribution is 0.0821. The number of Topliss-reactive ketones (excluding diaryl/α,β-unsaturated/α-hetero) is 1. The van der Waals surface area contributed by atoms with Gasteiger partial charge in [-0.1, -0.05) is 0 Å². The maximum atomic E-state index is 11.8. The molecule has 2 rings (SSSR count). The van der Waals surface area contributed by atoms with Gasteiger partial charge in [-0.2, -0.15) is 5.10 Å². The summed E-state index contributed by atoms with van der Waals surface area (Å²) in [6, 6.07) is 6.98. The van der Waals surface area contributed by atoms with Crippen molar-refractivity contribution < 1.29 is 9.59 Å². The Morgan fingerprint density at radius 2 is 1.95 bits per heavy atom. The quantitative estimate of drug-likeness (QED) is 0.810. The van der Waals surface area contributed by atoms with E-state index in [2.05, 4.69) is 21.0 Å². The molecule has 0 radical (unpaired) electrons. The van der Waals surface area contributed by atoms with E-state index in [4.69, 9.17) is 0 Å². The molecule has 0 aliphatic carbocycles. The molecule has 0 atom stereocenters. The van der Waals surface area contributed by atoms with Crippen molar-refractivity contribution in [2.24, 2.45) is 0 Å². The Labute approximate surface area is 125 Å². The highest BCUT2D eigenvalue weighted by atomic mass is 79.9. The average molecular weight is 336 g/mol. The number of aromatic nitrogens is 2. The third-order valence-corrected chi connectivity index (χ3v) is 3.47. The van der Waals surface area contributed by atoms with Gasteiger partial charge >= 0.3 is 0 Å². The van der Waals surface area contributed by atoms with Crippen LogP contribution in [0.5, 0.6) is 0 Å². The number of hydrogen-bond donors (Lipinski definition) is 0. The fourth-order valence-corrected chi connectivity index (χ4v) is 2.39. The predicted octanol–water partition coefficient (Wildman–Crippen LogP) is 2.54. The van der Waals surface area contributed by atoms with E-state index >= 15 is 0 Å². The lowest BCUT2D eigenvalue weighted by Crippen LogP contribution is -2.22. The van der Waals surface area contributed by atoms with Crippen LogP contribution in [0, 0.1) is 0 Å². The summed E-state index contributed by atoms with van der Waals surface area (Å²) >= 11 is 3.37. The Kier molecular flexibility index (Phi) is 4.04. The van der Waals surface area contributed by atoms with Crippen molar-refractivity contribution in [1.82, 2.24) is 14.7 Å². The Morgan fingerprint density at radius 3 is 2.50 bits per heavy atom. The van der Waals surface area contributed by atoms with Gasteiger partial charge in [0.1, 0.15) is 0 Å². The van der Waals surface area contributed by atoms with Gasteiger partial charge in [-0.25, -0.2) is 4.68 Å². The van der Waals surface area contributed by atoms with Crippen molar-refractivity contribution in [3.63, 3.8) is 0 Å². The van der Waals surface area contributed by atoms with Crippen LogP contribution in [0.25, 0.3) is 5.69 Å². The van der Waals surface area contributed by atoms with E-state index in [9.17, 15) is 9.59 Å². The van der Waals surface area contributed by atoms with E-state index in [1.807, 2.05) is 0 Å². The highest BCUT2D eigenvalue weighted by molar-refractivity contribution is 9.10. The molecule has 1 heterocycles. The highest BCUT2D eigenvalue weighted by Gasteiger charge is 2.13. The van der Waals surface area contributed by atoms with Crippen molar-refractivity contribution in [3.05, 3.63) is 46.2 Å². The highest BCUT2D eigenvalue weighted by Crippen LogP contribution is 2.21. The van der Waals surface area contributed by atoms with Crippen LogP contribution in [0.4, 0.5) is 0 Å². The molecule has 2 aromatic rings. The molecule has 6 heteroatoms. The molecule has 0 N–H and O–H groups in total. The van der Waals surface area contributed by atoms with Crippen molar-refractivity contribution in [2.45, 2.75) is 6.92 Å².